The molecule has 2 aliphatic heterocycles. The molecule has 0 aliphatic carbocycles. The summed E-state index contributed by atoms with van der Waals surface area (Å²) < 4.78 is 0. The van der Waals surface area contributed by atoms with Crippen LogP contribution in [0.2, 0.25) is 0 Å². The van der Waals surface area contributed by atoms with Crippen LogP contribution in [0.4, 0.5) is 0 Å². The Morgan fingerprint density at radius 3 is 2.38 bits per heavy atom. The van der Waals surface area contributed by atoms with E-state index >= 15 is 0 Å². The SMILES string of the molecule is CC1CCN(C(=O)C2CNC(C)CN2)CC1. The van der Waals surface area contributed by atoms with Crippen molar-refractivity contribution < 1.29 is 4.79 Å². The maximum atomic E-state index is 12.2. The van der Waals surface area contributed by atoms with Crippen molar-refractivity contribution in [3.63, 3.8) is 0 Å². The van der Waals surface area contributed by atoms with Crippen LogP contribution in [0, 0.1) is 5.92 Å². The van der Waals surface area contributed by atoms with Crippen LogP contribution in [0.15, 0.2) is 0 Å². The van der Waals surface area contributed by atoms with E-state index in [2.05, 4.69) is 24.5 Å². The zero-order valence-corrected chi connectivity index (χ0v) is 10.3. The van der Waals surface area contributed by atoms with Crippen molar-refractivity contribution >= 4 is 5.91 Å². The molecule has 2 rings (SSSR count). The summed E-state index contributed by atoms with van der Waals surface area (Å²) in [5, 5.41) is 6.67. The Morgan fingerprint density at radius 1 is 1.12 bits per heavy atom. The van der Waals surface area contributed by atoms with Crippen LogP contribution < -0.4 is 10.6 Å². The summed E-state index contributed by atoms with van der Waals surface area (Å²) in [4.78, 5) is 14.2. The number of hydrogen-bond donors (Lipinski definition) is 2. The monoisotopic (exact) mass is 225 g/mol. The zero-order chi connectivity index (χ0) is 11.5. The number of piperazine rings is 1. The van der Waals surface area contributed by atoms with Crippen molar-refractivity contribution in [3.8, 4) is 0 Å². The molecule has 0 aromatic rings. The Kier molecular flexibility index (Phi) is 3.82. The molecule has 0 saturated carbocycles. The molecule has 2 heterocycles. The van der Waals surface area contributed by atoms with E-state index in [-0.39, 0.29) is 11.9 Å². The minimum Gasteiger partial charge on any atom is -0.341 e. The fourth-order valence-corrected chi connectivity index (χ4v) is 2.41. The minimum absolute atomic E-state index is 0.00962. The Balaban J connectivity index is 1.83. The number of rotatable bonds is 1. The van der Waals surface area contributed by atoms with Crippen LogP contribution in [-0.4, -0.2) is 49.1 Å². The van der Waals surface area contributed by atoms with Crippen LogP contribution in [-0.2, 0) is 4.79 Å². The van der Waals surface area contributed by atoms with Gasteiger partial charge in [-0.15, -0.1) is 0 Å². The molecule has 2 fully saturated rings. The summed E-state index contributed by atoms with van der Waals surface area (Å²) in [5.41, 5.74) is 0. The number of amides is 1. The zero-order valence-electron chi connectivity index (χ0n) is 10.3. The van der Waals surface area contributed by atoms with E-state index in [1.807, 2.05) is 4.90 Å². The Bertz CT molecular complexity index is 217. The van der Waals surface area contributed by atoms with Crippen molar-refractivity contribution in [2.24, 2.45) is 5.92 Å². The van der Waals surface area contributed by atoms with Crippen molar-refractivity contribution in [1.29, 1.82) is 0 Å². The Morgan fingerprint density at radius 2 is 1.81 bits per heavy atom. The van der Waals surface area contributed by atoms with Crippen molar-refractivity contribution in [1.82, 2.24) is 15.5 Å². The second-order valence-electron chi connectivity index (χ2n) is 5.28. The van der Waals surface area contributed by atoms with Gasteiger partial charge in [-0.05, 0) is 25.7 Å². The maximum Gasteiger partial charge on any atom is 0.241 e. The van der Waals surface area contributed by atoms with Crippen LogP contribution in [0.1, 0.15) is 26.7 Å². The van der Waals surface area contributed by atoms with Gasteiger partial charge in [-0.1, -0.05) is 6.92 Å². The summed E-state index contributed by atoms with van der Waals surface area (Å²) in [7, 11) is 0. The highest BCUT2D eigenvalue weighted by Gasteiger charge is 2.29. The molecule has 0 bridgehead atoms. The molecule has 1 amide bonds. The van der Waals surface area contributed by atoms with E-state index in [0.717, 1.165) is 44.9 Å². The maximum absolute atomic E-state index is 12.2. The van der Waals surface area contributed by atoms with Gasteiger partial charge in [0.1, 0.15) is 0 Å². The first-order valence-electron chi connectivity index (χ1n) is 6.42. The number of nitrogens with zero attached hydrogens (tertiary/aromatic N) is 1. The summed E-state index contributed by atoms with van der Waals surface area (Å²) in [6.45, 7) is 7.94. The van der Waals surface area contributed by atoms with E-state index in [0.29, 0.717) is 6.04 Å². The molecule has 4 heteroatoms. The molecule has 4 nitrogen and oxygen atoms in total. The topological polar surface area (TPSA) is 44.4 Å². The van der Waals surface area contributed by atoms with Gasteiger partial charge in [0.25, 0.3) is 0 Å². The number of likely N-dealkylation sites (tertiary alicyclic amines) is 1. The number of nitrogens with one attached hydrogen (secondary N) is 2. The molecule has 2 saturated heterocycles. The first-order valence-corrected chi connectivity index (χ1v) is 6.42. The molecular weight excluding hydrogens is 202 g/mol. The van der Waals surface area contributed by atoms with Gasteiger partial charge in [0.15, 0.2) is 0 Å². The lowest BCUT2D eigenvalue weighted by atomic mass is 9.98. The van der Waals surface area contributed by atoms with Gasteiger partial charge in [-0.2, -0.15) is 0 Å². The molecule has 0 spiro atoms. The average molecular weight is 225 g/mol. The fraction of sp³-hybridized carbons (Fsp3) is 0.917. The summed E-state index contributed by atoms with van der Waals surface area (Å²) in [6, 6.07) is 0.468. The summed E-state index contributed by atoms with van der Waals surface area (Å²) >= 11 is 0. The number of carbonyl (C=O) groups is 1. The predicted molar refractivity (Wildman–Crippen MR) is 64.2 cm³/mol. The molecule has 92 valence electrons. The predicted octanol–water partition coefficient (Wildman–Crippen LogP) is 0.195. The van der Waals surface area contributed by atoms with Gasteiger partial charge in [-0.25, -0.2) is 0 Å². The van der Waals surface area contributed by atoms with Gasteiger partial charge in [0.2, 0.25) is 5.91 Å². The third-order valence-electron chi connectivity index (χ3n) is 3.73. The molecule has 0 aromatic heterocycles. The van der Waals surface area contributed by atoms with Gasteiger partial charge < -0.3 is 15.5 Å². The molecule has 16 heavy (non-hydrogen) atoms. The largest absolute Gasteiger partial charge is 0.341 e. The normalized spacial score (nSPS) is 32.8. The third kappa shape index (κ3) is 2.74. The second kappa shape index (κ2) is 5.15. The lowest BCUT2D eigenvalue weighted by Crippen LogP contribution is -2.60. The molecule has 0 radical (unpaired) electrons. The van der Waals surface area contributed by atoms with E-state index in [9.17, 15) is 4.79 Å². The quantitative estimate of drug-likeness (QED) is 0.670. The van der Waals surface area contributed by atoms with Gasteiger partial charge >= 0.3 is 0 Å². The first kappa shape index (κ1) is 11.9. The molecule has 2 atom stereocenters. The number of piperidine rings is 1. The lowest BCUT2D eigenvalue weighted by molar-refractivity contribution is -0.135. The van der Waals surface area contributed by atoms with Crippen molar-refractivity contribution in [2.75, 3.05) is 26.2 Å². The van der Waals surface area contributed by atoms with E-state index in [4.69, 9.17) is 0 Å². The molecular formula is C12H23N3O. The van der Waals surface area contributed by atoms with Crippen LogP contribution in [0.25, 0.3) is 0 Å². The van der Waals surface area contributed by atoms with E-state index in [1.165, 1.54) is 0 Å². The number of hydrogen-bond acceptors (Lipinski definition) is 3. The van der Waals surface area contributed by atoms with Crippen LogP contribution in [0.5, 0.6) is 0 Å². The van der Waals surface area contributed by atoms with Gasteiger partial charge in [-0.3, -0.25) is 4.79 Å². The Hall–Kier alpha value is -0.610. The highest BCUT2D eigenvalue weighted by Crippen LogP contribution is 2.16. The Labute approximate surface area is 97.8 Å². The highest BCUT2D eigenvalue weighted by molar-refractivity contribution is 5.82. The summed E-state index contributed by atoms with van der Waals surface area (Å²) in [6.07, 6.45) is 2.31. The summed E-state index contributed by atoms with van der Waals surface area (Å²) in [5.74, 6) is 1.06. The molecule has 2 N–H and O–H groups in total. The van der Waals surface area contributed by atoms with Crippen molar-refractivity contribution in [2.45, 2.75) is 38.8 Å². The van der Waals surface area contributed by atoms with Crippen LogP contribution in [0.3, 0.4) is 0 Å². The third-order valence-corrected chi connectivity index (χ3v) is 3.73. The van der Waals surface area contributed by atoms with Crippen molar-refractivity contribution in [3.05, 3.63) is 0 Å². The molecule has 0 aromatic carbocycles. The average Bonchev–Trinajstić information content (AvgIpc) is 2.30. The smallest absolute Gasteiger partial charge is 0.241 e. The molecule has 2 aliphatic rings. The standard InChI is InChI=1S/C12H23N3O/c1-9-3-5-15(6-4-9)12(16)11-8-13-10(2)7-14-11/h9-11,13-14H,3-8H2,1-2H3. The highest BCUT2D eigenvalue weighted by atomic mass is 16.2. The van der Waals surface area contributed by atoms with Gasteiger partial charge in [0.05, 0.1) is 6.04 Å². The fourth-order valence-electron chi connectivity index (χ4n) is 2.41. The van der Waals surface area contributed by atoms with Gasteiger partial charge in [0, 0.05) is 32.2 Å². The lowest BCUT2D eigenvalue weighted by Gasteiger charge is -2.36. The second-order valence-corrected chi connectivity index (χ2v) is 5.28. The minimum atomic E-state index is -0.00962. The first-order chi connectivity index (χ1) is 7.66. The van der Waals surface area contributed by atoms with Crippen LogP contribution >= 0.6 is 0 Å². The number of carbonyl (C=O) groups excluding carboxylic acids is 1. The molecule has 2 unspecified atom stereocenters. The van der Waals surface area contributed by atoms with E-state index in [1.54, 1.807) is 0 Å². The van der Waals surface area contributed by atoms with E-state index < -0.39 is 0 Å².